The van der Waals surface area contributed by atoms with E-state index in [-0.39, 0.29) is 19.4 Å². The Kier molecular flexibility index (Phi) is 31.7. The zero-order valence-electron chi connectivity index (χ0n) is 30.5. The maximum absolute atomic E-state index is 12.5. The first-order valence-corrected chi connectivity index (χ1v) is 20.4. The largest absolute Gasteiger partial charge is 0.480 e. The Morgan fingerprint density at radius 3 is 1.53 bits per heavy atom. The van der Waals surface area contributed by atoms with E-state index in [1.165, 1.54) is 44.9 Å². The molecule has 0 aliphatic carbocycles. The van der Waals surface area contributed by atoms with Gasteiger partial charge in [0.25, 0.3) is 0 Å². The second kappa shape index (κ2) is 33.1. The summed E-state index contributed by atoms with van der Waals surface area (Å²) in [5.41, 5.74) is 5.31. The third-order valence-electron chi connectivity index (χ3n) is 7.92. The minimum Gasteiger partial charge on any atom is -0.480 e. The monoisotopic (exact) mass is 717 g/mol. The van der Waals surface area contributed by atoms with E-state index < -0.39 is 51.1 Å². The van der Waals surface area contributed by atoms with Gasteiger partial charge >= 0.3 is 25.7 Å². The number of nitrogens with two attached hydrogens (primary N) is 1. The zero-order valence-corrected chi connectivity index (χ0v) is 31.4. The molecule has 3 atom stereocenters. The maximum atomic E-state index is 12.5. The molecular formula is C37H68NO10P. The zero-order chi connectivity index (χ0) is 36.4. The van der Waals surface area contributed by atoms with E-state index >= 15 is 0 Å². The molecular weight excluding hydrogens is 649 g/mol. The first-order chi connectivity index (χ1) is 23.6. The van der Waals surface area contributed by atoms with E-state index in [9.17, 15) is 23.8 Å². The molecule has 12 heteroatoms. The average Bonchev–Trinajstić information content (AvgIpc) is 3.07. The Labute approximate surface area is 296 Å². The highest BCUT2D eigenvalue weighted by Crippen LogP contribution is 2.43. The second-order valence-electron chi connectivity index (χ2n) is 12.7. The summed E-state index contributed by atoms with van der Waals surface area (Å²) < 4.78 is 32.5. The third kappa shape index (κ3) is 32.9. The highest BCUT2D eigenvalue weighted by molar-refractivity contribution is 7.47. The van der Waals surface area contributed by atoms with Gasteiger partial charge in [-0.3, -0.25) is 23.4 Å². The number of rotatable bonds is 35. The third-order valence-corrected chi connectivity index (χ3v) is 8.87. The summed E-state index contributed by atoms with van der Waals surface area (Å²) in [5, 5.41) is 8.85. The fourth-order valence-corrected chi connectivity index (χ4v) is 5.65. The van der Waals surface area contributed by atoms with Crippen LogP contribution in [-0.4, -0.2) is 59.9 Å². The standard InChI is InChI=1S/C37H68NO10P/c1-3-5-7-9-11-13-15-17-19-21-23-25-27-29-36(40)48-33(31-46-49(43,44)47-32-34(38)37(41)42)30-45-35(39)28-26-24-22-20-18-16-14-12-10-8-6-4-2/h12-15,33-34H,3-11,16-32,38H2,1-2H3,(H,41,42)(H,43,44)/b14-12-,15-13-/t33-,34+/m1/s1. The first kappa shape index (κ1) is 47.0. The van der Waals surface area contributed by atoms with Crippen molar-refractivity contribution >= 4 is 25.7 Å². The summed E-state index contributed by atoms with van der Waals surface area (Å²) in [6.07, 6.45) is 31.1. The maximum Gasteiger partial charge on any atom is 0.472 e. The van der Waals surface area contributed by atoms with E-state index in [0.29, 0.717) is 12.8 Å². The first-order valence-electron chi connectivity index (χ1n) is 18.9. The van der Waals surface area contributed by atoms with Crippen LogP contribution in [0, 0.1) is 0 Å². The molecule has 0 bridgehead atoms. The van der Waals surface area contributed by atoms with Gasteiger partial charge in [-0.2, -0.15) is 0 Å². The van der Waals surface area contributed by atoms with Crippen LogP contribution in [0.3, 0.4) is 0 Å². The molecule has 0 rings (SSSR count). The highest BCUT2D eigenvalue weighted by atomic mass is 31.2. The average molecular weight is 718 g/mol. The number of carboxylic acids is 1. The molecule has 0 radical (unpaired) electrons. The Balaban J connectivity index is 4.48. The van der Waals surface area contributed by atoms with E-state index in [2.05, 4.69) is 42.7 Å². The van der Waals surface area contributed by atoms with Gasteiger partial charge in [0, 0.05) is 12.8 Å². The molecule has 0 saturated heterocycles. The van der Waals surface area contributed by atoms with Crippen molar-refractivity contribution in [1.29, 1.82) is 0 Å². The highest BCUT2D eigenvalue weighted by Gasteiger charge is 2.28. The van der Waals surface area contributed by atoms with Crippen molar-refractivity contribution in [3.05, 3.63) is 24.3 Å². The van der Waals surface area contributed by atoms with Crippen molar-refractivity contribution in [2.45, 2.75) is 174 Å². The van der Waals surface area contributed by atoms with Crippen molar-refractivity contribution in [3.8, 4) is 0 Å². The van der Waals surface area contributed by atoms with Gasteiger partial charge in [-0.15, -0.1) is 0 Å². The van der Waals surface area contributed by atoms with E-state index in [1.807, 2.05) is 0 Å². The van der Waals surface area contributed by atoms with Gasteiger partial charge in [0.15, 0.2) is 6.10 Å². The van der Waals surface area contributed by atoms with Crippen LogP contribution < -0.4 is 5.73 Å². The molecule has 0 fully saturated rings. The number of hydrogen-bond acceptors (Lipinski definition) is 9. The summed E-state index contributed by atoms with van der Waals surface area (Å²) in [6.45, 7) is 2.72. The molecule has 0 aliphatic rings. The Bertz CT molecular complexity index is 942. The number of carbonyl (C=O) groups excluding carboxylic acids is 2. The molecule has 0 heterocycles. The van der Waals surface area contributed by atoms with Gasteiger partial charge in [-0.25, -0.2) is 4.57 Å². The van der Waals surface area contributed by atoms with Crippen molar-refractivity contribution in [3.63, 3.8) is 0 Å². The van der Waals surface area contributed by atoms with Gasteiger partial charge in [-0.1, -0.05) is 109 Å². The van der Waals surface area contributed by atoms with Gasteiger partial charge < -0.3 is 25.2 Å². The molecule has 0 aliphatic heterocycles. The Morgan fingerprint density at radius 2 is 1.02 bits per heavy atom. The molecule has 1 unspecified atom stereocenters. The topological polar surface area (TPSA) is 172 Å². The van der Waals surface area contributed by atoms with Gasteiger partial charge in [0.1, 0.15) is 12.6 Å². The predicted octanol–water partition coefficient (Wildman–Crippen LogP) is 9.11. The minimum absolute atomic E-state index is 0.150. The van der Waals surface area contributed by atoms with Gasteiger partial charge in [0.2, 0.25) is 0 Å². The lowest BCUT2D eigenvalue weighted by Crippen LogP contribution is -2.34. The van der Waals surface area contributed by atoms with Crippen LogP contribution in [0.2, 0.25) is 0 Å². The van der Waals surface area contributed by atoms with Crippen molar-refractivity contribution in [2.24, 2.45) is 5.73 Å². The molecule has 11 nitrogen and oxygen atoms in total. The second-order valence-corrected chi connectivity index (χ2v) is 14.2. The lowest BCUT2D eigenvalue weighted by atomic mass is 10.1. The van der Waals surface area contributed by atoms with Crippen LogP contribution in [-0.2, 0) is 37.5 Å². The number of hydrogen-bond donors (Lipinski definition) is 3. The number of esters is 2. The van der Waals surface area contributed by atoms with Crippen LogP contribution in [0.25, 0.3) is 0 Å². The number of carbonyl (C=O) groups is 3. The molecule has 4 N–H and O–H groups in total. The van der Waals surface area contributed by atoms with Crippen molar-refractivity contribution < 1.29 is 47.5 Å². The SMILES string of the molecule is CCCCC/C=C\CCCCCCCC(=O)OC[C@H](COP(=O)(O)OC[C@H](N)C(=O)O)OC(=O)CCCCCCC/C=C\CCCCCC. The number of unbranched alkanes of at least 4 members (excludes halogenated alkanes) is 17. The van der Waals surface area contributed by atoms with E-state index in [1.54, 1.807) is 0 Å². The number of ether oxygens (including phenoxy) is 2. The Morgan fingerprint density at radius 1 is 0.612 bits per heavy atom. The molecule has 0 aromatic heterocycles. The number of phosphoric ester groups is 1. The molecule has 286 valence electrons. The van der Waals surface area contributed by atoms with Crippen LogP contribution in [0.1, 0.15) is 162 Å². The predicted molar refractivity (Wildman–Crippen MR) is 194 cm³/mol. The minimum atomic E-state index is -4.71. The Hall–Kier alpha value is -2.04. The van der Waals surface area contributed by atoms with Crippen LogP contribution in [0.4, 0.5) is 0 Å². The fraction of sp³-hybridized carbons (Fsp3) is 0.811. The summed E-state index contributed by atoms with van der Waals surface area (Å²) >= 11 is 0. The van der Waals surface area contributed by atoms with Crippen molar-refractivity contribution in [1.82, 2.24) is 0 Å². The van der Waals surface area contributed by atoms with E-state index in [4.69, 9.17) is 24.8 Å². The molecule has 0 aromatic carbocycles. The quantitative estimate of drug-likeness (QED) is 0.0247. The summed E-state index contributed by atoms with van der Waals surface area (Å²) in [4.78, 5) is 45.7. The lowest BCUT2D eigenvalue weighted by Gasteiger charge is -2.20. The van der Waals surface area contributed by atoms with Crippen LogP contribution >= 0.6 is 7.82 Å². The normalized spacial score (nSPS) is 14.2. The molecule has 0 amide bonds. The van der Waals surface area contributed by atoms with Crippen LogP contribution in [0.15, 0.2) is 24.3 Å². The molecule has 0 saturated carbocycles. The summed E-state index contributed by atoms with van der Waals surface area (Å²) in [5.74, 6) is -2.40. The molecule has 0 spiro atoms. The number of phosphoric acid groups is 1. The summed E-state index contributed by atoms with van der Waals surface area (Å²) in [6, 6.07) is -1.52. The molecule has 0 aromatic rings. The number of carboxylic acid groups (broad SMARTS) is 1. The smallest absolute Gasteiger partial charge is 0.472 e. The number of aliphatic carboxylic acids is 1. The molecule has 49 heavy (non-hydrogen) atoms. The fourth-order valence-electron chi connectivity index (χ4n) is 4.88. The number of allylic oxidation sites excluding steroid dienone is 4. The van der Waals surface area contributed by atoms with Crippen LogP contribution in [0.5, 0.6) is 0 Å². The lowest BCUT2D eigenvalue weighted by molar-refractivity contribution is -0.161. The van der Waals surface area contributed by atoms with Gasteiger partial charge in [-0.05, 0) is 64.2 Å². The van der Waals surface area contributed by atoms with Gasteiger partial charge in [0.05, 0.1) is 13.2 Å². The van der Waals surface area contributed by atoms with E-state index in [0.717, 1.165) is 77.0 Å². The summed E-state index contributed by atoms with van der Waals surface area (Å²) in [7, 11) is -4.71. The van der Waals surface area contributed by atoms with Crippen molar-refractivity contribution in [2.75, 3.05) is 19.8 Å².